The Kier molecular flexibility index (Phi) is 12.2. The van der Waals surface area contributed by atoms with Crippen LogP contribution in [-0.4, -0.2) is 90.6 Å². The first-order valence-corrected chi connectivity index (χ1v) is 14.7. The fourth-order valence-corrected chi connectivity index (χ4v) is 5.71. The molecule has 4 amide bonds. The Morgan fingerprint density at radius 3 is 2.26 bits per heavy atom. The standard InChI is InChI=1S/C31H50N4O7/c1-10-12-14-18-34(8)23(36)17-16-22(28(39)41-9)32-26(37)25-24-20(31(24,6)7)19-35(25)27(38)21(15-13-11-2)33-29(40)42-30(3,4)5/h10-11,20-22,24-25H,1-2,12-19H2,3-9H3,(H,32,37)(H,33,40)/t20-,21-,22-,24-,25-/m0/s1. The minimum absolute atomic E-state index is 0.0406. The van der Waals surface area contributed by atoms with E-state index in [1.165, 1.54) is 12.0 Å². The molecule has 0 aromatic rings. The lowest BCUT2D eigenvalue weighted by Crippen LogP contribution is -2.57. The Balaban J connectivity index is 2.20. The van der Waals surface area contributed by atoms with E-state index in [2.05, 4.69) is 37.6 Å². The fourth-order valence-electron chi connectivity index (χ4n) is 5.71. The van der Waals surface area contributed by atoms with Gasteiger partial charge in [0.25, 0.3) is 0 Å². The maximum atomic E-state index is 13.8. The molecule has 236 valence electrons. The molecule has 2 aliphatic rings. The second-order valence-electron chi connectivity index (χ2n) is 12.8. The molecule has 2 fully saturated rings. The molecule has 1 heterocycles. The number of amides is 4. The van der Waals surface area contributed by atoms with E-state index in [1.54, 1.807) is 44.9 Å². The summed E-state index contributed by atoms with van der Waals surface area (Å²) < 4.78 is 10.3. The molecular weight excluding hydrogens is 540 g/mol. The first-order valence-electron chi connectivity index (χ1n) is 14.7. The summed E-state index contributed by atoms with van der Waals surface area (Å²) in [5, 5.41) is 5.44. The predicted molar refractivity (Wildman–Crippen MR) is 159 cm³/mol. The van der Waals surface area contributed by atoms with E-state index in [-0.39, 0.29) is 36.0 Å². The molecular formula is C31H50N4O7. The molecule has 0 bridgehead atoms. The van der Waals surface area contributed by atoms with Gasteiger partial charge in [-0.05, 0) is 70.1 Å². The number of unbranched alkanes of at least 4 members (excludes halogenated alkanes) is 1. The van der Waals surface area contributed by atoms with Gasteiger partial charge in [0.1, 0.15) is 23.7 Å². The van der Waals surface area contributed by atoms with Crippen molar-refractivity contribution in [3.63, 3.8) is 0 Å². The summed E-state index contributed by atoms with van der Waals surface area (Å²) in [6.45, 7) is 17.6. The summed E-state index contributed by atoms with van der Waals surface area (Å²) in [6.07, 6.45) is 5.15. The lowest BCUT2D eigenvalue weighted by atomic mass is 9.98. The molecule has 1 aliphatic carbocycles. The Morgan fingerprint density at radius 2 is 1.69 bits per heavy atom. The monoisotopic (exact) mass is 590 g/mol. The summed E-state index contributed by atoms with van der Waals surface area (Å²) >= 11 is 0. The van der Waals surface area contributed by atoms with Crippen LogP contribution in [-0.2, 0) is 28.7 Å². The maximum Gasteiger partial charge on any atom is 0.408 e. The normalized spacial score (nSPS) is 21.7. The number of carbonyl (C=O) groups is 5. The quantitative estimate of drug-likeness (QED) is 0.170. The van der Waals surface area contributed by atoms with Gasteiger partial charge in [0.2, 0.25) is 17.7 Å². The number of piperidine rings is 1. The molecule has 5 atom stereocenters. The van der Waals surface area contributed by atoms with Gasteiger partial charge in [-0.25, -0.2) is 9.59 Å². The average Bonchev–Trinajstić information content (AvgIpc) is 3.23. The number of ether oxygens (including phenoxy) is 2. The number of carbonyl (C=O) groups excluding carboxylic acids is 5. The number of likely N-dealkylation sites (tertiary alicyclic amines) is 1. The topological polar surface area (TPSA) is 134 Å². The smallest absolute Gasteiger partial charge is 0.408 e. The summed E-state index contributed by atoms with van der Waals surface area (Å²) in [4.78, 5) is 68.5. The van der Waals surface area contributed by atoms with Crippen molar-refractivity contribution in [1.82, 2.24) is 20.4 Å². The molecule has 42 heavy (non-hydrogen) atoms. The molecule has 11 nitrogen and oxygen atoms in total. The third-order valence-corrected chi connectivity index (χ3v) is 8.19. The van der Waals surface area contributed by atoms with Gasteiger partial charge < -0.3 is 29.9 Å². The predicted octanol–water partition coefficient (Wildman–Crippen LogP) is 3.19. The highest BCUT2D eigenvalue weighted by Gasteiger charge is 2.69. The molecule has 1 saturated carbocycles. The van der Waals surface area contributed by atoms with Crippen LogP contribution in [0.3, 0.4) is 0 Å². The van der Waals surface area contributed by atoms with Crippen molar-refractivity contribution in [2.24, 2.45) is 17.3 Å². The number of nitrogens with one attached hydrogen (secondary N) is 2. The van der Waals surface area contributed by atoms with Crippen molar-refractivity contribution < 1.29 is 33.4 Å². The molecule has 1 aliphatic heterocycles. The number of hydrogen-bond donors (Lipinski definition) is 2. The second-order valence-corrected chi connectivity index (χ2v) is 12.8. The zero-order chi connectivity index (χ0) is 31.8. The first-order chi connectivity index (χ1) is 19.6. The van der Waals surface area contributed by atoms with Gasteiger partial charge in [-0.3, -0.25) is 14.4 Å². The van der Waals surface area contributed by atoms with Crippen LogP contribution < -0.4 is 10.6 Å². The van der Waals surface area contributed by atoms with Gasteiger partial charge in [0, 0.05) is 26.6 Å². The number of methoxy groups -OCH3 is 1. The third kappa shape index (κ3) is 9.06. The van der Waals surface area contributed by atoms with E-state index in [0.717, 1.165) is 12.8 Å². The van der Waals surface area contributed by atoms with E-state index in [0.29, 0.717) is 25.9 Å². The Morgan fingerprint density at radius 1 is 1.05 bits per heavy atom. The Bertz CT molecular complexity index is 1030. The van der Waals surface area contributed by atoms with E-state index >= 15 is 0 Å². The van der Waals surface area contributed by atoms with Gasteiger partial charge in [0.05, 0.1) is 7.11 Å². The highest BCUT2D eigenvalue weighted by Crippen LogP contribution is 2.64. The molecule has 0 aromatic carbocycles. The van der Waals surface area contributed by atoms with E-state index in [9.17, 15) is 24.0 Å². The summed E-state index contributed by atoms with van der Waals surface area (Å²) in [7, 11) is 2.92. The minimum Gasteiger partial charge on any atom is -0.467 e. The highest BCUT2D eigenvalue weighted by atomic mass is 16.6. The number of nitrogens with zero attached hydrogens (tertiary/aromatic N) is 2. The average molecular weight is 591 g/mol. The SMILES string of the molecule is C=CCCCN(C)C(=O)CC[C@H](NC(=O)[C@@H]1[C@@H]2[C@H](CN1C(=O)[C@H](CCC=C)NC(=O)OC(C)(C)C)C2(C)C)C(=O)OC. The molecule has 1 saturated heterocycles. The number of allylic oxidation sites excluding steroid dienone is 2. The summed E-state index contributed by atoms with van der Waals surface area (Å²) in [5.41, 5.74) is -0.915. The van der Waals surface area contributed by atoms with Crippen molar-refractivity contribution in [2.45, 2.75) is 96.9 Å². The minimum atomic E-state index is -1.05. The third-order valence-electron chi connectivity index (χ3n) is 8.19. The van der Waals surface area contributed by atoms with Crippen molar-refractivity contribution in [1.29, 1.82) is 0 Å². The van der Waals surface area contributed by atoms with E-state index in [1.807, 2.05) is 0 Å². The Labute approximate surface area is 250 Å². The number of rotatable bonds is 15. The van der Waals surface area contributed by atoms with Gasteiger partial charge >= 0.3 is 12.1 Å². The lowest BCUT2D eigenvalue weighted by molar-refractivity contribution is -0.147. The maximum absolute atomic E-state index is 13.8. The number of esters is 1. The van der Waals surface area contributed by atoms with Crippen molar-refractivity contribution in [3.8, 4) is 0 Å². The van der Waals surface area contributed by atoms with Crippen LogP contribution in [0.1, 0.15) is 73.1 Å². The summed E-state index contributed by atoms with van der Waals surface area (Å²) in [6, 6.07) is -2.81. The van der Waals surface area contributed by atoms with Gasteiger partial charge in [-0.15, -0.1) is 13.2 Å². The highest BCUT2D eigenvalue weighted by molar-refractivity contribution is 5.94. The van der Waals surface area contributed by atoms with E-state index < -0.39 is 47.6 Å². The molecule has 11 heteroatoms. The second kappa shape index (κ2) is 14.7. The number of alkyl carbamates (subject to hydrolysis) is 1. The van der Waals surface area contributed by atoms with Crippen LogP contribution in [0.15, 0.2) is 25.3 Å². The first kappa shape index (κ1) is 34.8. The van der Waals surface area contributed by atoms with Crippen molar-refractivity contribution in [3.05, 3.63) is 25.3 Å². The van der Waals surface area contributed by atoms with Crippen LogP contribution in [0.5, 0.6) is 0 Å². The van der Waals surface area contributed by atoms with Crippen LogP contribution in [0.25, 0.3) is 0 Å². The zero-order valence-electron chi connectivity index (χ0n) is 26.4. The van der Waals surface area contributed by atoms with Gasteiger partial charge in [-0.1, -0.05) is 26.0 Å². The largest absolute Gasteiger partial charge is 0.467 e. The number of hydrogen-bond acceptors (Lipinski definition) is 7. The van der Waals surface area contributed by atoms with Crippen LogP contribution in [0.2, 0.25) is 0 Å². The Hall–Kier alpha value is -3.37. The van der Waals surface area contributed by atoms with Gasteiger partial charge in [-0.2, -0.15) is 0 Å². The van der Waals surface area contributed by atoms with Crippen molar-refractivity contribution >= 4 is 29.8 Å². The molecule has 2 rings (SSSR count). The van der Waals surface area contributed by atoms with E-state index in [4.69, 9.17) is 9.47 Å². The van der Waals surface area contributed by atoms with Crippen LogP contribution in [0.4, 0.5) is 4.79 Å². The number of fused-ring (bicyclic) bond motifs is 1. The molecule has 2 N–H and O–H groups in total. The summed E-state index contributed by atoms with van der Waals surface area (Å²) in [5.74, 6) is -1.70. The fraction of sp³-hybridized carbons (Fsp3) is 0.710. The zero-order valence-corrected chi connectivity index (χ0v) is 26.4. The van der Waals surface area contributed by atoms with Crippen molar-refractivity contribution in [2.75, 3.05) is 27.2 Å². The van der Waals surface area contributed by atoms with Crippen LogP contribution in [0, 0.1) is 17.3 Å². The lowest BCUT2D eigenvalue weighted by Gasteiger charge is -2.34. The molecule has 0 spiro atoms. The molecule has 0 aromatic heterocycles. The van der Waals surface area contributed by atoms with Gasteiger partial charge in [0.15, 0.2) is 0 Å². The van der Waals surface area contributed by atoms with Crippen LogP contribution >= 0.6 is 0 Å². The molecule has 0 unspecified atom stereocenters. The molecule has 0 radical (unpaired) electrons.